The van der Waals surface area contributed by atoms with E-state index in [0.29, 0.717) is 11.7 Å². The largest absolute Gasteiger partial charge is 0.480 e. The van der Waals surface area contributed by atoms with Crippen molar-refractivity contribution in [2.75, 3.05) is 5.75 Å². The second-order valence-corrected chi connectivity index (χ2v) is 5.46. The molecule has 1 N–H and O–H groups in total. The lowest BCUT2D eigenvalue weighted by Gasteiger charge is -2.07. The number of carboxylic acids is 1. The van der Waals surface area contributed by atoms with Gasteiger partial charge in [-0.15, -0.1) is 23.4 Å². The summed E-state index contributed by atoms with van der Waals surface area (Å²) in [6.07, 6.45) is 0. The van der Waals surface area contributed by atoms with E-state index in [0.717, 1.165) is 4.90 Å². The molecule has 1 aromatic carbocycles. The third-order valence-corrected chi connectivity index (χ3v) is 3.84. The van der Waals surface area contributed by atoms with Gasteiger partial charge in [-0.1, -0.05) is 26.0 Å². The molecule has 2 nitrogen and oxygen atoms in total. The van der Waals surface area contributed by atoms with Gasteiger partial charge in [0, 0.05) is 10.6 Å². The van der Waals surface area contributed by atoms with Crippen molar-refractivity contribution in [3.05, 3.63) is 29.8 Å². The number of benzene rings is 1. The molecule has 88 valence electrons. The van der Waals surface area contributed by atoms with Crippen molar-refractivity contribution in [3.8, 4) is 0 Å². The molecule has 1 rings (SSSR count). The molecule has 0 aliphatic carbocycles. The summed E-state index contributed by atoms with van der Waals surface area (Å²) < 4.78 is 0. The number of hydrogen-bond donors (Lipinski definition) is 1. The summed E-state index contributed by atoms with van der Waals surface area (Å²) in [5.41, 5.74) is 1.28. The van der Waals surface area contributed by atoms with Crippen LogP contribution >= 0.6 is 23.4 Å². The lowest BCUT2D eigenvalue weighted by Crippen LogP contribution is -2.15. The summed E-state index contributed by atoms with van der Waals surface area (Å²) in [6.45, 7) is 4.28. The van der Waals surface area contributed by atoms with E-state index in [9.17, 15) is 4.79 Å². The summed E-state index contributed by atoms with van der Waals surface area (Å²) in [5, 5.41) is 7.81. The third kappa shape index (κ3) is 4.06. The van der Waals surface area contributed by atoms with Gasteiger partial charge in [0.15, 0.2) is 0 Å². The lowest BCUT2D eigenvalue weighted by atomic mass is 10.0. The van der Waals surface area contributed by atoms with Gasteiger partial charge in [0.2, 0.25) is 0 Å². The highest BCUT2D eigenvalue weighted by Crippen LogP contribution is 2.23. The quantitative estimate of drug-likeness (QED) is 0.648. The van der Waals surface area contributed by atoms with Gasteiger partial charge < -0.3 is 5.11 Å². The van der Waals surface area contributed by atoms with Crippen LogP contribution in [0.15, 0.2) is 29.2 Å². The lowest BCUT2D eigenvalue weighted by molar-refractivity contribution is -0.136. The van der Waals surface area contributed by atoms with Gasteiger partial charge in [-0.2, -0.15) is 0 Å². The number of rotatable bonds is 5. The molecule has 1 atom stereocenters. The van der Waals surface area contributed by atoms with E-state index in [1.54, 1.807) is 0 Å². The third-order valence-electron chi connectivity index (χ3n) is 2.21. The molecule has 0 bridgehead atoms. The highest BCUT2D eigenvalue weighted by molar-refractivity contribution is 7.99. The monoisotopic (exact) mass is 258 g/mol. The van der Waals surface area contributed by atoms with E-state index < -0.39 is 11.3 Å². The highest BCUT2D eigenvalue weighted by Gasteiger charge is 2.13. The smallest absolute Gasteiger partial charge is 0.322 e. The van der Waals surface area contributed by atoms with Crippen molar-refractivity contribution in [3.63, 3.8) is 0 Å². The van der Waals surface area contributed by atoms with E-state index in [2.05, 4.69) is 26.0 Å². The zero-order valence-corrected chi connectivity index (χ0v) is 10.9. The molecule has 0 radical (unpaired) electrons. The van der Waals surface area contributed by atoms with Gasteiger partial charge in [-0.3, -0.25) is 4.79 Å². The summed E-state index contributed by atoms with van der Waals surface area (Å²) >= 11 is 7.09. The highest BCUT2D eigenvalue weighted by atomic mass is 35.5. The van der Waals surface area contributed by atoms with Crippen LogP contribution in [0, 0.1) is 0 Å². The van der Waals surface area contributed by atoms with Crippen LogP contribution in [0.25, 0.3) is 0 Å². The van der Waals surface area contributed by atoms with E-state index in [4.69, 9.17) is 16.7 Å². The van der Waals surface area contributed by atoms with Crippen molar-refractivity contribution < 1.29 is 9.90 Å². The van der Waals surface area contributed by atoms with Crippen LogP contribution in [-0.2, 0) is 4.79 Å². The first-order valence-corrected chi connectivity index (χ1v) is 6.52. The predicted molar refractivity (Wildman–Crippen MR) is 68.5 cm³/mol. The molecule has 0 fully saturated rings. The van der Waals surface area contributed by atoms with Crippen molar-refractivity contribution in [2.24, 2.45) is 0 Å². The van der Waals surface area contributed by atoms with E-state index in [1.807, 2.05) is 12.1 Å². The van der Waals surface area contributed by atoms with E-state index in [-0.39, 0.29) is 0 Å². The Balaban J connectivity index is 2.52. The molecule has 4 heteroatoms. The van der Waals surface area contributed by atoms with Gasteiger partial charge in [-0.25, -0.2) is 0 Å². The molecule has 1 unspecified atom stereocenters. The maximum atomic E-state index is 10.5. The fraction of sp³-hybridized carbons (Fsp3) is 0.417. The molecule has 0 aliphatic rings. The normalized spacial score (nSPS) is 12.8. The number of thioether (sulfide) groups is 1. The zero-order chi connectivity index (χ0) is 12.1. The van der Waals surface area contributed by atoms with Gasteiger partial charge in [-0.05, 0) is 23.6 Å². The Labute approximate surface area is 105 Å². The van der Waals surface area contributed by atoms with Gasteiger partial charge >= 0.3 is 5.97 Å². The Hall–Kier alpha value is -0.670. The molecular weight excluding hydrogens is 244 g/mol. The summed E-state index contributed by atoms with van der Waals surface area (Å²) in [5.74, 6) is -0.0652. The minimum Gasteiger partial charge on any atom is -0.480 e. The standard InChI is InChI=1S/C12H15ClO2S/c1-8(2)9-3-5-10(6-4-9)16-7-11(13)12(14)15/h3-6,8,11H,7H2,1-2H3,(H,14,15). The summed E-state index contributed by atoms with van der Waals surface area (Å²) in [7, 11) is 0. The number of carbonyl (C=O) groups is 1. The molecule has 0 aliphatic heterocycles. The number of alkyl halides is 1. The Morgan fingerprint density at radius 1 is 1.38 bits per heavy atom. The van der Waals surface area contributed by atoms with Crippen LogP contribution in [0.2, 0.25) is 0 Å². The molecule has 0 aromatic heterocycles. The fourth-order valence-electron chi connectivity index (χ4n) is 1.19. The van der Waals surface area contributed by atoms with Crippen molar-refractivity contribution in [1.82, 2.24) is 0 Å². The van der Waals surface area contributed by atoms with E-state index >= 15 is 0 Å². The Kier molecular flexibility index (Phi) is 5.16. The first-order valence-electron chi connectivity index (χ1n) is 5.10. The van der Waals surface area contributed by atoms with Crippen LogP contribution in [0.5, 0.6) is 0 Å². The van der Waals surface area contributed by atoms with Crippen LogP contribution in [0.3, 0.4) is 0 Å². The van der Waals surface area contributed by atoms with Gasteiger partial charge in [0.1, 0.15) is 5.38 Å². The number of hydrogen-bond acceptors (Lipinski definition) is 2. The molecule has 0 saturated heterocycles. The molecular formula is C12H15ClO2S. The first kappa shape index (κ1) is 13.4. The summed E-state index contributed by atoms with van der Waals surface area (Å²) in [4.78, 5) is 11.6. The van der Waals surface area contributed by atoms with Crippen molar-refractivity contribution in [1.29, 1.82) is 0 Å². The van der Waals surface area contributed by atoms with Crippen LogP contribution in [0.4, 0.5) is 0 Å². The predicted octanol–water partition coefficient (Wildman–Crippen LogP) is 3.59. The molecule has 16 heavy (non-hydrogen) atoms. The van der Waals surface area contributed by atoms with Crippen LogP contribution < -0.4 is 0 Å². The topological polar surface area (TPSA) is 37.3 Å². The van der Waals surface area contributed by atoms with Crippen LogP contribution in [-0.4, -0.2) is 22.2 Å². The van der Waals surface area contributed by atoms with Gasteiger partial charge in [0.25, 0.3) is 0 Å². The number of halogens is 1. The Morgan fingerprint density at radius 2 is 1.94 bits per heavy atom. The fourth-order valence-corrected chi connectivity index (χ4v) is 2.19. The second kappa shape index (κ2) is 6.16. The second-order valence-electron chi connectivity index (χ2n) is 3.84. The van der Waals surface area contributed by atoms with Crippen molar-refractivity contribution >= 4 is 29.3 Å². The minimum absolute atomic E-state index is 0.387. The minimum atomic E-state index is -0.965. The zero-order valence-electron chi connectivity index (χ0n) is 9.31. The maximum Gasteiger partial charge on any atom is 0.322 e. The SMILES string of the molecule is CC(C)c1ccc(SCC(Cl)C(=O)O)cc1. The molecule has 0 amide bonds. The number of aliphatic carboxylic acids is 1. The van der Waals surface area contributed by atoms with E-state index in [1.165, 1.54) is 17.3 Å². The molecule has 0 heterocycles. The summed E-state index contributed by atoms with van der Waals surface area (Å²) in [6, 6.07) is 8.14. The molecule has 0 saturated carbocycles. The molecule has 1 aromatic rings. The Morgan fingerprint density at radius 3 is 2.38 bits per heavy atom. The Bertz CT molecular complexity index is 349. The van der Waals surface area contributed by atoms with Crippen LogP contribution in [0.1, 0.15) is 25.3 Å². The average molecular weight is 259 g/mol. The van der Waals surface area contributed by atoms with Crippen molar-refractivity contribution in [2.45, 2.75) is 30.0 Å². The first-order chi connectivity index (χ1) is 7.50. The average Bonchev–Trinajstić information content (AvgIpc) is 2.26. The van der Waals surface area contributed by atoms with Gasteiger partial charge in [0.05, 0.1) is 0 Å². The maximum absolute atomic E-state index is 10.5. The number of carboxylic acid groups (broad SMARTS) is 1. The molecule has 0 spiro atoms.